The maximum absolute atomic E-state index is 13.0. The maximum atomic E-state index is 13.0. The lowest BCUT2D eigenvalue weighted by Crippen LogP contribution is -2.35. The quantitative estimate of drug-likeness (QED) is 0.643. The van der Waals surface area contributed by atoms with Gasteiger partial charge in [-0.2, -0.15) is 4.31 Å². The summed E-state index contributed by atoms with van der Waals surface area (Å²) in [6.07, 6.45) is 2.87. The van der Waals surface area contributed by atoms with Crippen molar-refractivity contribution in [1.29, 1.82) is 0 Å². The Morgan fingerprint density at radius 3 is 2.56 bits per heavy atom. The molecule has 1 saturated heterocycles. The summed E-state index contributed by atoms with van der Waals surface area (Å²) in [5.41, 5.74) is 1.69. The van der Waals surface area contributed by atoms with E-state index in [1.807, 2.05) is 30.3 Å². The van der Waals surface area contributed by atoms with Crippen molar-refractivity contribution >= 4 is 43.2 Å². The molecule has 0 aliphatic carbocycles. The van der Waals surface area contributed by atoms with Crippen LogP contribution in [-0.4, -0.2) is 30.8 Å². The highest BCUT2D eigenvalue weighted by Gasteiger charge is 2.28. The van der Waals surface area contributed by atoms with Crippen LogP contribution in [0.2, 0.25) is 5.02 Å². The van der Waals surface area contributed by atoms with Gasteiger partial charge >= 0.3 is 0 Å². The van der Waals surface area contributed by atoms with E-state index in [4.69, 9.17) is 11.6 Å². The summed E-state index contributed by atoms with van der Waals surface area (Å²) in [6, 6.07) is 13.0. The zero-order valence-corrected chi connectivity index (χ0v) is 15.9. The van der Waals surface area contributed by atoms with Crippen LogP contribution in [-0.2, 0) is 10.0 Å². The summed E-state index contributed by atoms with van der Waals surface area (Å²) < 4.78 is 28.6. The fourth-order valence-corrected chi connectivity index (χ4v) is 6.05. The predicted molar refractivity (Wildman–Crippen MR) is 103 cm³/mol. The first kappa shape index (κ1) is 17.0. The normalized spacial score (nSPS) is 16.4. The lowest BCUT2D eigenvalue weighted by molar-refractivity contribution is 0.346. The van der Waals surface area contributed by atoms with Gasteiger partial charge < -0.3 is 0 Å². The van der Waals surface area contributed by atoms with Crippen LogP contribution in [0.3, 0.4) is 0 Å². The molecule has 130 valence electrons. The first-order valence-corrected chi connectivity index (χ1v) is 10.8. The predicted octanol–water partition coefficient (Wildman–Crippen LogP) is 4.79. The molecular formula is C18H17ClN2O2S2. The highest BCUT2D eigenvalue weighted by molar-refractivity contribution is 7.89. The van der Waals surface area contributed by atoms with Crippen LogP contribution in [0, 0.1) is 0 Å². The number of fused-ring (bicyclic) bond motifs is 1. The van der Waals surface area contributed by atoms with Gasteiger partial charge in [0.1, 0.15) is 9.90 Å². The van der Waals surface area contributed by atoms with Gasteiger partial charge in [-0.1, -0.05) is 36.2 Å². The lowest BCUT2D eigenvalue weighted by atomic mass is 10.2. The highest BCUT2D eigenvalue weighted by atomic mass is 35.5. The molecule has 0 saturated carbocycles. The number of aromatic nitrogens is 1. The number of sulfonamides is 1. The second kappa shape index (κ2) is 6.68. The second-order valence-corrected chi connectivity index (χ2v) is 9.44. The van der Waals surface area contributed by atoms with Crippen molar-refractivity contribution < 1.29 is 8.42 Å². The smallest absolute Gasteiger partial charge is 0.236 e. The van der Waals surface area contributed by atoms with Crippen LogP contribution in [0.5, 0.6) is 0 Å². The molecule has 7 heteroatoms. The first-order valence-electron chi connectivity index (χ1n) is 8.21. The van der Waals surface area contributed by atoms with Crippen molar-refractivity contribution in [3.8, 4) is 10.6 Å². The molecule has 3 aromatic rings. The van der Waals surface area contributed by atoms with Crippen LogP contribution in [0.4, 0.5) is 0 Å². The number of halogens is 1. The van der Waals surface area contributed by atoms with Crippen molar-refractivity contribution in [2.45, 2.75) is 24.2 Å². The van der Waals surface area contributed by atoms with E-state index in [1.54, 1.807) is 27.8 Å². The van der Waals surface area contributed by atoms with Gasteiger partial charge in [-0.15, -0.1) is 11.3 Å². The molecule has 1 aliphatic rings. The Labute approximate surface area is 156 Å². The number of nitrogens with zero attached hydrogens (tertiary/aromatic N) is 2. The van der Waals surface area contributed by atoms with E-state index in [9.17, 15) is 8.42 Å². The number of para-hydroxylation sites is 1. The molecule has 1 aliphatic heterocycles. The topological polar surface area (TPSA) is 50.3 Å². The van der Waals surface area contributed by atoms with Gasteiger partial charge in [0.15, 0.2) is 0 Å². The summed E-state index contributed by atoms with van der Waals surface area (Å²) in [7, 11) is -3.58. The Morgan fingerprint density at radius 1 is 1.04 bits per heavy atom. The van der Waals surface area contributed by atoms with Gasteiger partial charge in [0.05, 0.1) is 15.2 Å². The molecule has 1 aromatic heterocycles. The van der Waals surface area contributed by atoms with E-state index >= 15 is 0 Å². The molecule has 0 spiro atoms. The van der Waals surface area contributed by atoms with Crippen molar-refractivity contribution in [2.24, 2.45) is 0 Å². The number of hydrogen-bond acceptors (Lipinski definition) is 4. The molecule has 25 heavy (non-hydrogen) atoms. The van der Waals surface area contributed by atoms with Crippen LogP contribution in [0.15, 0.2) is 47.4 Å². The summed E-state index contributed by atoms with van der Waals surface area (Å²) in [4.78, 5) is 4.79. The Balaban J connectivity index is 1.78. The van der Waals surface area contributed by atoms with Gasteiger partial charge in [-0.3, -0.25) is 0 Å². The minimum atomic E-state index is -3.58. The van der Waals surface area contributed by atoms with E-state index in [-0.39, 0.29) is 9.92 Å². The average molecular weight is 393 g/mol. The minimum Gasteiger partial charge on any atom is -0.236 e. The summed E-state index contributed by atoms with van der Waals surface area (Å²) in [6.45, 7) is 1.12. The third kappa shape index (κ3) is 3.19. The molecule has 0 N–H and O–H groups in total. The van der Waals surface area contributed by atoms with Crippen molar-refractivity contribution in [2.75, 3.05) is 13.1 Å². The van der Waals surface area contributed by atoms with Gasteiger partial charge in [0, 0.05) is 18.7 Å². The Morgan fingerprint density at radius 2 is 1.80 bits per heavy atom. The number of rotatable bonds is 3. The van der Waals surface area contributed by atoms with Gasteiger partial charge in [-0.05, 0) is 37.1 Å². The number of piperidine rings is 1. The van der Waals surface area contributed by atoms with Crippen molar-refractivity contribution in [3.63, 3.8) is 0 Å². The largest absolute Gasteiger partial charge is 0.244 e. The summed E-state index contributed by atoms with van der Waals surface area (Å²) in [5.74, 6) is 0. The highest BCUT2D eigenvalue weighted by Crippen LogP contribution is 2.34. The molecule has 1 fully saturated rings. The molecule has 0 atom stereocenters. The van der Waals surface area contributed by atoms with Crippen molar-refractivity contribution in [3.05, 3.63) is 47.5 Å². The first-order chi connectivity index (χ1) is 12.1. The molecule has 4 nitrogen and oxygen atoms in total. The third-order valence-corrected chi connectivity index (χ3v) is 7.87. The van der Waals surface area contributed by atoms with Gasteiger partial charge in [0.2, 0.25) is 10.0 Å². The lowest BCUT2D eigenvalue weighted by Gasteiger charge is -2.26. The minimum absolute atomic E-state index is 0.174. The van der Waals surface area contributed by atoms with Crippen LogP contribution >= 0.6 is 22.9 Å². The molecule has 0 unspecified atom stereocenters. The third-order valence-electron chi connectivity index (χ3n) is 4.40. The molecule has 0 amide bonds. The standard InChI is InChI=1S/C18H17ClN2O2S2/c19-14-9-8-13(18-20-15-6-2-3-7-16(15)24-18)12-17(14)25(22,23)21-10-4-1-5-11-21/h2-3,6-9,12H,1,4-5,10-11H2. The molecule has 0 radical (unpaired) electrons. The van der Waals surface area contributed by atoms with Crippen molar-refractivity contribution in [1.82, 2.24) is 9.29 Å². The number of hydrogen-bond donors (Lipinski definition) is 0. The molecule has 4 rings (SSSR count). The molecule has 2 heterocycles. The van der Waals surface area contributed by atoms with E-state index < -0.39 is 10.0 Å². The summed E-state index contributed by atoms with van der Waals surface area (Å²) in [5, 5.41) is 1.06. The van der Waals surface area contributed by atoms with Gasteiger partial charge in [0.25, 0.3) is 0 Å². The van der Waals surface area contributed by atoms with Crippen LogP contribution in [0.25, 0.3) is 20.8 Å². The van der Waals surface area contributed by atoms with Gasteiger partial charge in [-0.25, -0.2) is 13.4 Å². The summed E-state index contributed by atoms with van der Waals surface area (Å²) >= 11 is 7.79. The Hall–Kier alpha value is -1.47. The molecule has 2 aromatic carbocycles. The Kier molecular flexibility index (Phi) is 4.54. The number of thiazole rings is 1. The fraction of sp³-hybridized carbons (Fsp3) is 0.278. The van der Waals surface area contributed by atoms with E-state index in [2.05, 4.69) is 4.98 Å². The fourth-order valence-electron chi connectivity index (χ4n) is 3.07. The second-order valence-electron chi connectivity index (χ2n) is 6.10. The SMILES string of the molecule is O=S(=O)(c1cc(-c2nc3ccccc3s2)ccc1Cl)N1CCCCC1. The van der Waals surface area contributed by atoms with E-state index in [0.717, 1.165) is 40.1 Å². The number of benzene rings is 2. The van der Waals surface area contributed by atoms with Crippen LogP contribution in [0.1, 0.15) is 19.3 Å². The molecular weight excluding hydrogens is 376 g/mol. The maximum Gasteiger partial charge on any atom is 0.244 e. The zero-order chi connectivity index (χ0) is 17.4. The van der Waals surface area contributed by atoms with Crippen LogP contribution < -0.4 is 0 Å². The molecule has 0 bridgehead atoms. The van der Waals surface area contributed by atoms with E-state index in [1.165, 1.54) is 0 Å². The average Bonchev–Trinajstić information content (AvgIpc) is 3.07. The van der Waals surface area contributed by atoms with E-state index in [0.29, 0.717) is 13.1 Å². The monoisotopic (exact) mass is 392 g/mol. The Bertz CT molecular complexity index is 991. The zero-order valence-electron chi connectivity index (χ0n) is 13.5.